The van der Waals surface area contributed by atoms with Gasteiger partial charge in [0.25, 0.3) is 0 Å². The van der Waals surface area contributed by atoms with E-state index in [-0.39, 0.29) is 33.0 Å². The fourth-order valence-electron chi connectivity index (χ4n) is 3.13. The largest absolute Gasteiger partial charge is 0.508 e. The van der Waals surface area contributed by atoms with E-state index in [1.165, 1.54) is 20.8 Å². The fourth-order valence-corrected chi connectivity index (χ4v) is 3.13. The summed E-state index contributed by atoms with van der Waals surface area (Å²) < 4.78 is 35.3. The van der Waals surface area contributed by atoms with Crippen LogP contribution in [0, 0.1) is 16.2 Å². The van der Waals surface area contributed by atoms with Crippen molar-refractivity contribution in [1.29, 1.82) is 0 Å². The molecule has 0 radical (unpaired) electrons. The maximum absolute atomic E-state index is 13.1. The van der Waals surface area contributed by atoms with Crippen LogP contribution in [0.2, 0.25) is 0 Å². The number of rotatable bonds is 9. The molecule has 1 aromatic rings. The zero-order valence-electron chi connectivity index (χ0n) is 20.2. The monoisotopic (exact) mass is 508 g/mol. The van der Waals surface area contributed by atoms with Crippen LogP contribution in [0.5, 0.6) is 0 Å². The van der Waals surface area contributed by atoms with E-state index in [2.05, 4.69) is 0 Å². The average molecular weight is 508 g/mol. The van der Waals surface area contributed by atoms with Crippen molar-refractivity contribution in [2.45, 2.75) is 27.4 Å². The van der Waals surface area contributed by atoms with Crippen molar-refractivity contribution in [3.63, 3.8) is 0 Å². The number of hydrogen-bond acceptors (Lipinski definition) is 12. The zero-order chi connectivity index (χ0) is 26.4. The van der Waals surface area contributed by atoms with Gasteiger partial charge in [-0.2, -0.15) is 0 Å². The number of carbonyl (C=O) groups excluding carboxylic acids is 5. The summed E-state index contributed by atoms with van der Waals surface area (Å²) >= 11 is 0. The highest BCUT2D eigenvalue weighted by Crippen LogP contribution is 2.29. The van der Waals surface area contributed by atoms with Crippen LogP contribution < -0.4 is 0 Å². The predicted molar refractivity (Wildman–Crippen MR) is 117 cm³/mol. The molecule has 1 aromatic carbocycles. The molecular formula is C24H28O12. The Morgan fingerprint density at radius 3 is 1.61 bits per heavy atom. The van der Waals surface area contributed by atoms with Gasteiger partial charge in [-0.05, 0) is 26.3 Å². The van der Waals surface area contributed by atoms with E-state index in [9.17, 15) is 24.0 Å². The smallest absolute Gasteiger partial charge is 0.464 e. The maximum Gasteiger partial charge on any atom is 0.508 e. The molecule has 36 heavy (non-hydrogen) atoms. The lowest BCUT2D eigenvalue weighted by atomic mass is 9.90. The highest BCUT2D eigenvalue weighted by molar-refractivity contribution is 5.82. The molecule has 196 valence electrons. The number of carbonyl (C=O) groups is 5. The molecule has 3 rings (SSSR count). The molecule has 0 amide bonds. The van der Waals surface area contributed by atoms with Crippen molar-refractivity contribution in [2.24, 2.45) is 16.2 Å². The van der Waals surface area contributed by atoms with Gasteiger partial charge in [-0.15, -0.1) is 0 Å². The second-order valence-electron chi connectivity index (χ2n) is 9.55. The van der Waals surface area contributed by atoms with E-state index in [0.29, 0.717) is 0 Å². The van der Waals surface area contributed by atoms with E-state index < -0.39 is 59.7 Å². The van der Waals surface area contributed by atoms with E-state index >= 15 is 0 Å². The molecule has 2 heterocycles. The Balaban J connectivity index is 1.67. The Kier molecular flexibility index (Phi) is 8.06. The molecule has 0 aliphatic carbocycles. The summed E-state index contributed by atoms with van der Waals surface area (Å²) in [7, 11) is 0. The van der Waals surface area contributed by atoms with Gasteiger partial charge < -0.3 is 33.2 Å². The fraction of sp³-hybridized carbons (Fsp3) is 0.542. The summed E-state index contributed by atoms with van der Waals surface area (Å²) in [5, 5.41) is 0. The lowest BCUT2D eigenvalue weighted by Crippen LogP contribution is -2.48. The minimum Gasteiger partial charge on any atom is -0.464 e. The van der Waals surface area contributed by atoms with Crippen LogP contribution in [-0.4, -0.2) is 69.9 Å². The van der Waals surface area contributed by atoms with Gasteiger partial charge in [0.05, 0.1) is 0 Å². The van der Waals surface area contributed by atoms with Crippen LogP contribution in [0.3, 0.4) is 0 Å². The summed E-state index contributed by atoms with van der Waals surface area (Å²) in [5.74, 6) is -2.33. The molecule has 0 unspecified atom stereocenters. The Morgan fingerprint density at radius 2 is 1.19 bits per heavy atom. The van der Waals surface area contributed by atoms with E-state index in [0.717, 1.165) is 5.56 Å². The molecule has 2 fully saturated rings. The molecule has 12 nitrogen and oxygen atoms in total. The first-order valence-electron chi connectivity index (χ1n) is 11.1. The standard InChI is InChI=1S/C24H28O12/c1-22(17(25)30-9-16-7-5-4-6-8-16,10-31-18(26)23(2)12-33-20(28)34-13-23)11-32-19(27)24(3)14-35-21(29)36-15-24/h4-8H,9-15H2,1-3H3. The summed E-state index contributed by atoms with van der Waals surface area (Å²) in [5.41, 5.74) is -3.43. The Bertz CT molecular complexity index is 932. The van der Waals surface area contributed by atoms with Crippen LogP contribution >= 0.6 is 0 Å². The Morgan fingerprint density at radius 1 is 0.778 bits per heavy atom. The van der Waals surface area contributed by atoms with Gasteiger partial charge in [0.1, 0.15) is 62.5 Å². The highest BCUT2D eigenvalue weighted by Gasteiger charge is 2.47. The predicted octanol–water partition coefficient (Wildman–Crippen LogP) is 2.17. The number of cyclic esters (lactones) is 4. The van der Waals surface area contributed by atoms with Crippen molar-refractivity contribution in [1.82, 2.24) is 0 Å². The van der Waals surface area contributed by atoms with Crippen LogP contribution in [-0.2, 0) is 54.1 Å². The molecule has 0 bridgehead atoms. The van der Waals surface area contributed by atoms with Crippen molar-refractivity contribution in [2.75, 3.05) is 39.6 Å². The van der Waals surface area contributed by atoms with Crippen LogP contribution in [0.4, 0.5) is 9.59 Å². The molecule has 12 heteroatoms. The third-order valence-corrected chi connectivity index (χ3v) is 5.77. The average Bonchev–Trinajstić information content (AvgIpc) is 2.88. The van der Waals surface area contributed by atoms with Gasteiger partial charge in [0.15, 0.2) is 0 Å². The summed E-state index contributed by atoms with van der Waals surface area (Å²) in [6.07, 6.45) is -1.79. The highest BCUT2D eigenvalue weighted by atomic mass is 16.7. The number of benzene rings is 1. The summed E-state index contributed by atoms with van der Waals surface area (Å²) in [6, 6.07) is 8.91. The minimum absolute atomic E-state index is 0.0554. The Hall–Kier alpha value is -3.83. The number of hydrogen-bond donors (Lipinski definition) is 0. The van der Waals surface area contributed by atoms with Crippen molar-refractivity contribution >= 4 is 30.2 Å². The molecule has 0 N–H and O–H groups in total. The molecule has 2 aliphatic heterocycles. The summed E-state index contributed by atoms with van der Waals surface area (Å²) in [6.45, 7) is 2.29. The van der Waals surface area contributed by atoms with E-state index in [1.54, 1.807) is 24.3 Å². The number of esters is 3. The second kappa shape index (κ2) is 10.8. The lowest BCUT2D eigenvalue weighted by Gasteiger charge is -2.33. The topological polar surface area (TPSA) is 150 Å². The van der Waals surface area contributed by atoms with Crippen molar-refractivity contribution in [3.8, 4) is 0 Å². The van der Waals surface area contributed by atoms with E-state index in [4.69, 9.17) is 33.2 Å². The SMILES string of the molecule is CC1(C(=O)OCC(C)(COC(=O)C2(C)COC(=O)OC2)C(=O)OCc2ccccc2)COC(=O)OC1. The van der Waals surface area contributed by atoms with Crippen molar-refractivity contribution < 1.29 is 57.1 Å². The first-order chi connectivity index (χ1) is 17.0. The van der Waals surface area contributed by atoms with Gasteiger partial charge >= 0.3 is 30.2 Å². The Labute approximate surface area is 207 Å². The normalized spacial score (nSPS) is 18.4. The first kappa shape index (κ1) is 26.8. The molecule has 0 spiro atoms. The summed E-state index contributed by atoms with van der Waals surface area (Å²) in [4.78, 5) is 60.8. The molecule has 0 aromatic heterocycles. The first-order valence-corrected chi connectivity index (χ1v) is 11.1. The van der Waals surface area contributed by atoms with Crippen molar-refractivity contribution in [3.05, 3.63) is 35.9 Å². The zero-order valence-corrected chi connectivity index (χ0v) is 20.2. The maximum atomic E-state index is 13.1. The lowest BCUT2D eigenvalue weighted by molar-refractivity contribution is -0.183. The van der Waals surface area contributed by atoms with Crippen LogP contribution in [0.1, 0.15) is 26.3 Å². The molecule has 0 atom stereocenters. The second-order valence-corrected chi connectivity index (χ2v) is 9.55. The third-order valence-electron chi connectivity index (χ3n) is 5.77. The van der Waals surface area contributed by atoms with Gasteiger partial charge in [0, 0.05) is 0 Å². The van der Waals surface area contributed by atoms with Gasteiger partial charge in [-0.1, -0.05) is 30.3 Å². The molecule has 2 aliphatic rings. The quantitative estimate of drug-likeness (QED) is 0.355. The van der Waals surface area contributed by atoms with Crippen LogP contribution in [0.15, 0.2) is 30.3 Å². The molecular weight excluding hydrogens is 480 g/mol. The molecule has 2 saturated heterocycles. The van der Waals surface area contributed by atoms with E-state index in [1.807, 2.05) is 6.07 Å². The minimum atomic E-state index is -1.59. The van der Waals surface area contributed by atoms with Gasteiger partial charge in [-0.3, -0.25) is 14.4 Å². The number of ether oxygens (including phenoxy) is 7. The van der Waals surface area contributed by atoms with Gasteiger partial charge in [0.2, 0.25) is 0 Å². The van der Waals surface area contributed by atoms with Crippen LogP contribution in [0.25, 0.3) is 0 Å². The van der Waals surface area contributed by atoms with Gasteiger partial charge in [-0.25, -0.2) is 9.59 Å². The third kappa shape index (κ3) is 6.43. The molecule has 0 saturated carbocycles.